The van der Waals surface area contributed by atoms with E-state index >= 15 is 0 Å². The van der Waals surface area contributed by atoms with Gasteiger partial charge in [-0.3, -0.25) is 0 Å². The van der Waals surface area contributed by atoms with Crippen molar-refractivity contribution < 1.29 is 8.42 Å². The Bertz CT molecular complexity index is 537. The molecule has 21 heavy (non-hydrogen) atoms. The number of rotatable bonds is 6. The van der Waals surface area contributed by atoms with Gasteiger partial charge in [0.05, 0.1) is 4.90 Å². The van der Waals surface area contributed by atoms with Gasteiger partial charge in [-0.1, -0.05) is 18.5 Å². The quantitative estimate of drug-likeness (QED) is 0.816. The summed E-state index contributed by atoms with van der Waals surface area (Å²) in [5, 5.41) is 0.535. The first-order chi connectivity index (χ1) is 9.97. The summed E-state index contributed by atoms with van der Waals surface area (Å²) in [6, 6.07) is 6.23. The molecule has 1 aromatic carbocycles. The Balaban J connectivity index is 1.73. The Hall–Kier alpha value is -0.620. The summed E-state index contributed by atoms with van der Waals surface area (Å²) in [5.41, 5.74) is 0. The Morgan fingerprint density at radius 3 is 2.48 bits per heavy atom. The molecule has 1 aromatic rings. The third kappa shape index (κ3) is 5.25. The van der Waals surface area contributed by atoms with Crippen molar-refractivity contribution in [2.75, 3.05) is 26.2 Å². The molecule has 0 saturated carbocycles. The van der Waals surface area contributed by atoms with Crippen LogP contribution in [0.1, 0.15) is 26.2 Å². The zero-order valence-corrected chi connectivity index (χ0v) is 14.0. The number of hydrogen-bond acceptors (Lipinski definition) is 3. The molecule has 0 amide bonds. The van der Waals surface area contributed by atoms with Crippen molar-refractivity contribution in [3.8, 4) is 0 Å². The average molecular weight is 331 g/mol. The second kappa shape index (κ2) is 7.58. The van der Waals surface area contributed by atoms with E-state index in [0.717, 1.165) is 32.0 Å². The van der Waals surface area contributed by atoms with E-state index in [1.807, 2.05) is 0 Å². The smallest absolute Gasteiger partial charge is 0.240 e. The lowest BCUT2D eigenvalue weighted by molar-refractivity contribution is 0.191. The van der Waals surface area contributed by atoms with Crippen LogP contribution in [0.4, 0.5) is 0 Å². The van der Waals surface area contributed by atoms with Crippen LogP contribution in [0.5, 0.6) is 0 Å². The second-order valence-electron chi connectivity index (χ2n) is 5.73. The molecule has 6 heteroatoms. The molecule has 1 fully saturated rings. The largest absolute Gasteiger partial charge is 0.303 e. The van der Waals surface area contributed by atoms with Gasteiger partial charge in [-0.2, -0.15) is 0 Å². The number of sulfonamides is 1. The fourth-order valence-electron chi connectivity index (χ4n) is 2.49. The van der Waals surface area contributed by atoms with Crippen LogP contribution in [-0.2, 0) is 10.0 Å². The zero-order valence-electron chi connectivity index (χ0n) is 12.4. The van der Waals surface area contributed by atoms with Crippen LogP contribution in [0.15, 0.2) is 29.2 Å². The summed E-state index contributed by atoms with van der Waals surface area (Å²) in [6.45, 7) is 5.97. The third-order valence-corrected chi connectivity index (χ3v) is 5.67. The van der Waals surface area contributed by atoms with Crippen molar-refractivity contribution in [2.24, 2.45) is 5.92 Å². The molecular formula is C15H23ClN2O2S. The molecule has 1 heterocycles. The minimum absolute atomic E-state index is 0.263. The number of nitrogens with one attached hydrogen (secondary N) is 1. The fourth-order valence-corrected chi connectivity index (χ4v) is 3.69. The lowest BCUT2D eigenvalue weighted by Crippen LogP contribution is -2.35. The van der Waals surface area contributed by atoms with Gasteiger partial charge in [0.2, 0.25) is 10.0 Å². The van der Waals surface area contributed by atoms with E-state index in [0.29, 0.717) is 11.6 Å². The lowest BCUT2D eigenvalue weighted by atomic mass is 9.99. The molecule has 1 N–H and O–H groups in total. The summed E-state index contributed by atoms with van der Waals surface area (Å²) >= 11 is 5.76. The highest BCUT2D eigenvalue weighted by Crippen LogP contribution is 2.16. The van der Waals surface area contributed by atoms with Crippen LogP contribution >= 0.6 is 11.6 Å². The second-order valence-corrected chi connectivity index (χ2v) is 7.93. The van der Waals surface area contributed by atoms with Crippen molar-refractivity contribution >= 4 is 21.6 Å². The molecule has 118 valence electrons. The van der Waals surface area contributed by atoms with E-state index in [2.05, 4.69) is 16.5 Å². The normalized spacial score (nSPS) is 18.0. The third-order valence-electron chi connectivity index (χ3n) is 3.94. The Morgan fingerprint density at radius 1 is 1.24 bits per heavy atom. The van der Waals surface area contributed by atoms with Crippen LogP contribution in [0.2, 0.25) is 5.02 Å². The number of halogens is 1. The van der Waals surface area contributed by atoms with Crippen molar-refractivity contribution in [3.05, 3.63) is 29.3 Å². The lowest BCUT2D eigenvalue weighted by Gasteiger charge is -2.30. The van der Waals surface area contributed by atoms with Crippen LogP contribution in [-0.4, -0.2) is 39.5 Å². The van der Waals surface area contributed by atoms with Gasteiger partial charge in [-0.05, 0) is 69.1 Å². The number of benzene rings is 1. The van der Waals surface area contributed by atoms with Gasteiger partial charge in [0, 0.05) is 11.6 Å². The van der Waals surface area contributed by atoms with Crippen molar-refractivity contribution in [3.63, 3.8) is 0 Å². The predicted octanol–water partition coefficient (Wildman–Crippen LogP) is 2.74. The molecule has 0 spiro atoms. The van der Waals surface area contributed by atoms with Gasteiger partial charge < -0.3 is 4.90 Å². The van der Waals surface area contributed by atoms with Gasteiger partial charge in [0.15, 0.2) is 0 Å². The predicted molar refractivity (Wildman–Crippen MR) is 86.1 cm³/mol. The number of nitrogens with zero attached hydrogens (tertiary/aromatic N) is 1. The fraction of sp³-hybridized carbons (Fsp3) is 0.600. The van der Waals surface area contributed by atoms with E-state index in [-0.39, 0.29) is 4.90 Å². The minimum atomic E-state index is -3.42. The van der Waals surface area contributed by atoms with E-state index < -0.39 is 10.0 Å². The van der Waals surface area contributed by atoms with Gasteiger partial charge in [-0.25, -0.2) is 13.1 Å². The summed E-state index contributed by atoms with van der Waals surface area (Å²) in [4.78, 5) is 2.68. The molecule has 0 aromatic heterocycles. The van der Waals surface area contributed by atoms with E-state index in [1.54, 1.807) is 12.1 Å². The Kier molecular flexibility index (Phi) is 6.05. The summed E-state index contributed by atoms with van der Waals surface area (Å²) < 4.78 is 26.8. The molecule has 0 aliphatic carbocycles. The van der Waals surface area contributed by atoms with Crippen LogP contribution in [0.3, 0.4) is 0 Å². The molecule has 0 unspecified atom stereocenters. The monoisotopic (exact) mass is 330 g/mol. The molecule has 0 radical (unpaired) electrons. The highest BCUT2D eigenvalue weighted by atomic mass is 35.5. The SMILES string of the molecule is CC1CCN(CCCNS(=O)(=O)c2ccc(Cl)cc2)CC1. The Morgan fingerprint density at radius 2 is 1.86 bits per heavy atom. The van der Waals surface area contributed by atoms with Crippen LogP contribution in [0, 0.1) is 5.92 Å². The first-order valence-corrected chi connectivity index (χ1v) is 9.31. The maximum absolute atomic E-state index is 12.1. The summed E-state index contributed by atoms with van der Waals surface area (Å²) in [5.74, 6) is 0.824. The van der Waals surface area contributed by atoms with Gasteiger partial charge in [0.1, 0.15) is 0 Å². The molecule has 0 atom stereocenters. The zero-order chi connectivity index (χ0) is 15.3. The van der Waals surface area contributed by atoms with Crippen molar-refractivity contribution in [1.29, 1.82) is 0 Å². The van der Waals surface area contributed by atoms with Crippen molar-refractivity contribution in [1.82, 2.24) is 9.62 Å². The maximum atomic E-state index is 12.1. The van der Waals surface area contributed by atoms with Gasteiger partial charge >= 0.3 is 0 Å². The number of piperidine rings is 1. The first kappa shape index (κ1) is 16.7. The molecular weight excluding hydrogens is 308 g/mol. The highest BCUT2D eigenvalue weighted by Gasteiger charge is 2.16. The number of hydrogen-bond donors (Lipinski definition) is 1. The number of likely N-dealkylation sites (tertiary alicyclic amines) is 1. The molecule has 2 rings (SSSR count). The Labute approximate surface area is 132 Å². The van der Waals surface area contributed by atoms with Gasteiger partial charge in [-0.15, -0.1) is 0 Å². The standard InChI is InChI=1S/C15H23ClN2O2S/c1-13-7-11-18(12-8-13)10-2-9-17-21(19,20)15-5-3-14(16)4-6-15/h3-6,13,17H,2,7-12H2,1H3. The topological polar surface area (TPSA) is 49.4 Å². The highest BCUT2D eigenvalue weighted by molar-refractivity contribution is 7.89. The summed E-state index contributed by atoms with van der Waals surface area (Å²) in [6.07, 6.45) is 3.33. The van der Waals surface area contributed by atoms with Crippen LogP contribution < -0.4 is 4.72 Å². The minimum Gasteiger partial charge on any atom is -0.303 e. The molecule has 0 bridgehead atoms. The van der Waals surface area contributed by atoms with Crippen LogP contribution in [0.25, 0.3) is 0 Å². The summed E-state index contributed by atoms with van der Waals surface area (Å²) in [7, 11) is -3.42. The van der Waals surface area contributed by atoms with Gasteiger partial charge in [0.25, 0.3) is 0 Å². The van der Waals surface area contributed by atoms with E-state index in [4.69, 9.17) is 11.6 Å². The first-order valence-electron chi connectivity index (χ1n) is 7.45. The molecule has 1 aliphatic heterocycles. The molecule has 1 saturated heterocycles. The molecule has 1 aliphatic rings. The van der Waals surface area contributed by atoms with Crippen molar-refractivity contribution in [2.45, 2.75) is 31.1 Å². The van der Waals surface area contributed by atoms with E-state index in [9.17, 15) is 8.42 Å². The maximum Gasteiger partial charge on any atom is 0.240 e. The average Bonchev–Trinajstić information content (AvgIpc) is 2.46. The molecule has 4 nitrogen and oxygen atoms in total. The van der Waals surface area contributed by atoms with E-state index in [1.165, 1.54) is 25.0 Å².